The van der Waals surface area contributed by atoms with E-state index in [1.807, 2.05) is 19.4 Å². The predicted molar refractivity (Wildman–Crippen MR) is 88.1 cm³/mol. The van der Waals surface area contributed by atoms with Crippen LogP contribution in [0, 0.1) is 18.8 Å². The molecule has 1 heterocycles. The summed E-state index contributed by atoms with van der Waals surface area (Å²) < 4.78 is 28.0. The van der Waals surface area contributed by atoms with Gasteiger partial charge in [0.05, 0.1) is 0 Å². The minimum atomic E-state index is -3.39. The van der Waals surface area contributed by atoms with Crippen LogP contribution in [-0.4, -0.2) is 22.0 Å². The number of nitrogens with one attached hydrogen (secondary N) is 2. The van der Waals surface area contributed by atoms with E-state index in [4.69, 9.17) is 0 Å². The lowest BCUT2D eigenvalue weighted by Crippen LogP contribution is -2.32. The van der Waals surface area contributed by atoms with Crippen molar-refractivity contribution in [2.45, 2.75) is 51.0 Å². The first-order valence-corrected chi connectivity index (χ1v) is 10.0. The number of hydrogen-bond acceptors (Lipinski definition) is 4. The summed E-state index contributed by atoms with van der Waals surface area (Å²) in [6.45, 7) is 5.31. The second-order valence-corrected chi connectivity index (χ2v) is 8.85. The van der Waals surface area contributed by atoms with E-state index >= 15 is 0 Å². The van der Waals surface area contributed by atoms with Crippen molar-refractivity contribution < 1.29 is 8.42 Å². The average Bonchev–Trinajstić information content (AvgIpc) is 2.80. The van der Waals surface area contributed by atoms with Gasteiger partial charge in [-0.25, -0.2) is 13.1 Å². The third-order valence-corrected chi connectivity index (χ3v) is 7.18. The number of thiophene rings is 1. The van der Waals surface area contributed by atoms with Crippen LogP contribution in [0.5, 0.6) is 0 Å². The van der Waals surface area contributed by atoms with Crippen LogP contribution in [0.1, 0.15) is 43.0 Å². The summed E-state index contributed by atoms with van der Waals surface area (Å²) in [7, 11) is -1.56. The molecule has 1 aromatic heterocycles. The zero-order valence-corrected chi connectivity index (χ0v) is 14.7. The van der Waals surface area contributed by atoms with Gasteiger partial charge in [-0.1, -0.05) is 19.8 Å². The first-order valence-electron chi connectivity index (χ1n) is 7.65. The number of hydrogen-bond donors (Lipinski definition) is 2. The molecular formula is C15H26N2O2S2. The fraction of sp³-hybridized carbons (Fsp3) is 0.733. The zero-order chi connectivity index (χ0) is 15.5. The molecule has 0 aliphatic heterocycles. The molecule has 2 rings (SSSR count). The van der Waals surface area contributed by atoms with E-state index in [1.165, 1.54) is 24.2 Å². The summed E-state index contributed by atoms with van der Waals surface area (Å²) in [6.07, 6.45) is 4.70. The normalized spacial score (nSPS) is 23.4. The van der Waals surface area contributed by atoms with Gasteiger partial charge in [0.1, 0.15) is 4.90 Å². The molecule has 4 nitrogen and oxygen atoms in total. The lowest BCUT2D eigenvalue weighted by atomic mass is 9.83. The Hall–Kier alpha value is -0.430. The zero-order valence-electron chi connectivity index (χ0n) is 13.1. The third kappa shape index (κ3) is 4.28. The Morgan fingerprint density at radius 1 is 1.29 bits per heavy atom. The van der Waals surface area contributed by atoms with Crippen molar-refractivity contribution in [3.05, 3.63) is 15.8 Å². The Labute approximate surface area is 132 Å². The van der Waals surface area contributed by atoms with Crippen molar-refractivity contribution in [2.24, 2.45) is 11.8 Å². The molecule has 0 saturated heterocycles. The number of sulfonamides is 1. The Balaban J connectivity index is 2.03. The standard InChI is InChI=1S/C15H26N2O2S2/c1-11-4-6-13(7-5-11)8-17-21(18,19)15-12(2)10-20-14(15)9-16-3/h10-11,13,16-17H,4-9H2,1-3H3. The molecule has 0 unspecified atom stereocenters. The van der Waals surface area contributed by atoms with Crippen molar-refractivity contribution in [1.29, 1.82) is 0 Å². The molecule has 2 N–H and O–H groups in total. The first-order chi connectivity index (χ1) is 9.94. The van der Waals surface area contributed by atoms with Crippen LogP contribution in [0.2, 0.25) is 0 Å². The Kier molecular flexibility index (Phi) is 5.82. The van der Waals surface area contributed by atoms with Crippen LogP contribution in [0.4, 0.5) is 0 Å². The first kappa shape index (κ1) is 16.9. The van der Waals surface area contributed by atoms with E-state index in [0.717, 1.165) is 29.2 Å². The van der Waals surface area contributed by atoms with Crippen LogP contribution in [-0.2, 0) is 16.6 Å². The highest BCUT2D eigenvalue weighted by molar-refractivity contribution is 7.89. The minimum Gasteiger partial charge on any atom is -0.315 e. The summed E-state index contributed by atoms with van der Waals surface area (Å²) >= 11 is 1.51. The maximum absolute atomic E-state index is 12.6. The third-order valence-electron chi connectivity index (χ3n) is 4.29. The average molecular weight is 331 g/mol. The Bertz CT molecular complexity index is 558. The van der Waals surface area contributed by atoms with Crippen LogP contribution in [0.15, 0.2) is 10.3 Å². The smallest absolute Gasteiger partial charge is 0.241 e. The SMILES string of the molecule is CNCc1scc(C)c1S(=O)(=O)NCC1CCC(C)CC1. The number of rotatable bonds is 6. The maximum Gasteiger partial charge on any atom is 0.241 e. The predicted octanol–water partition coefficient (Wildman–Crippen LogP) is 2.88. The lowest BCUT2D eigenvalue weighted by molar-refractivity contribution is 0.290. The molecule has 21 heavy (non-hydrogen) atoms. The second-order valence-electron chi connectivity index (χ2n) is 6.18. The van der Waals surface area contributed by atoms with Crippen molar-refractivity contribution >= 4 is 21.4 Å². The molecule has 120 valence electrons. The largest absolute Gasteiger partial charge is 0.315 e. The van der Waals surface area contributed by atoms with Gasteiger partial charge in [0, 0.05) is 18.0 Å². The van der Waals surface area contributed by atoms with Crippen LogP contribution >= 0.6 is 11.3 Å². The van der Waals surface area contributed by atoms with Gasteiger partial charge in [0.15, 0.2) is 0 Å². The van der Waals surface area contributed by atoms with E-state index in [2.05, 4.69) is 17.0 Å². The molecule has 1 fully saturated rings. The van der Waals surface area contributed by atoms with Crippen molar-refractivity contribution in [2.75, 3.05) is 13.6 Å². The highest BCUT2D eigenvalue weighted by Crippen LogP contribution is 2.29. The van der Waals surface area contributed by atoms with Crippen molar-refractivity contribution in [3.63, 3.8) is 0 Å². The summed E-state index contributed by atoms with van der Waals surface area (Å²) in [5.41, 5.74) is 0.843. The van der Waals surface area contributed by atoms with E-state index in [1.54, 1.807) is 0 Å². The van der Waals surface area contributed by atoms with Gasteiger partial charge in [-0.05, 0) is 49.6 Å². The summed E-state index contributed by atoms with van der Waals surface area (Å²) in [5, 5.41) is 4.96. The monoisotopic (exact) mass is 330 g/mol. The molecule has 0 aromatic carbocycles. The van der Waals surface area contributed by atoms with Crippen LogP contribution in [0.25, 0.3) is 0 Å². The molecule has 1 aromatic rings. The van der Waals surface area contributed by atoms with Gasteiger partial charge >= 0.3 is 0 Å². The van der Waals surface area contributed by atoms with E-state index in [0.29, 0.717) is 23.9 Å². The molecule has 1 aliphatic carbocycles. The highest BCUT2D eigenvalue weighted by atomic mass is 32.2. The van der Waals surface area contributed by atoms with Gasteiger partial charge in [-0.2, -0.15) is 0 Å². The van der Waals surface area contributed by atoms with Crippen molar-refractivity contribution in [1.82, 2.24) is 10.0 Å². The molecule has 6 heteroatoms. The second kappa shape index (κ2) is 7.22. The highest BCUT2D eigenvalue weighted by Gasteiger charge is 2.25. The van der Waals surface area contributed by atoms with Gasteiger partial charge in [-0.15, -0.1) is 11.3 Å². The van der Waals surface area contributed by atoms with Crippen LogP contribution < -0.4 is 10.0 Å². The number of aryl methyl sites for hydroxylation is 1. The van der Waals surface area contributed by atoms with E-state index < -0.39 is 10.0 Å². The fourth-order valence-corrected chi connectivity index (χ4v) is 5.90. The lowest BCUT2D eigenvalue weighted by Gasteiger charge is -2.26. The van der Waals surface area contributed by atoms with Crippen molar-refractivity contribution in [3.8, 4) is 0 Å². The quantitative estimate of drug-likeness (QED) is 0.843. The molecule has 1 aliphatic rings. The van der Waals surface area contributed by atoms with Gasteiger partial charge in [0.25, 0.3) is 0 Å². The maximum atomic E-state index is 12.6. The Morgan fingerprint density at radius 2 is 1.95 bits per heavy atom. The topological polar surface area (TPSA) is 58.2 Å². The molecular weight excluding hydrogens is 304 g/mol. The van der Waals surface area contributed by atoms with Gasteiger partial charge in [0.2, 0.25) is 10.0 Å². The molecule has 0 bridgehead atoms. The molecule has 0 amide bonds. The van der Waals surface area contributed by atoms with E-state index in [-0.39, 0.29) is 0 Å². The minimum absolute atomic E-state index is 0.478. The Morgan fingerprint density at radius 3 is 2.57 bits per heavy atom. The molecule has 0 atom stereocenters. The molecule has 1 saturated carbocycles. The molecule has 0 spiro atoms. The summed E-state index contributed by atoms with van der Waals surface area (Å²) in [4.78, 5) is 1.37. The molecule has 0 radical (unpaired) electrons. The van der Waals surface area contributed by atoms with Gasteiger partial charge in [-0.3, -0.25) is 0 Å². The van der Waals surface area contributed by atoms with Gasteiger partial charge < -0.3 is 5.32 Å². The summed E-state index contributed by atoms with van der Waals surface area (Å²) in [6, 6.07) is 0. The van der Waals surface area contributed by atoms with Crippen LogP contribution in [0.3, 0.4) is 0 Å². The van der Waals surface area contributed by atoms with E-state index in [9.17, 15) is 8.42 Å². The fourth-order valence-electron chi connectivity index (χ4n) is 2.96. The summed E-state index contributed by atoms with van der Waals surface area (Å²) in [5.74, 6) is 1.28.